The van der Waals surface area contributed by atoms with E-state index in [9.17, 15) is 18.0 Å². The Morgan fingerprint density at radius 2 is 1.67 bits per heavy atom. The van der Waals surface area contributed by atoms with E-state index >= 15 is 0 Å². The van der Waals surface area contributed by atoms with Crippen molar-refractivity contribution in [2.75, 3.05) is 10.8 Å². The first-order valence-electron chi connectivity index (χ1n) is 14.6. The van der Waals surface area contributed by atoms with Crippen molar-refractivity contribution in [3.05, 3.63) is 94.5 Å². The van der Waals surface area contributed by atoms with Crippen molar-refractivity contribution in [1.29, 1.82) is 0 Å². The van der Waals surface area contributed by atoms with Gasteiger partial charge in [0.2, 0.25) is 11.8 Å². The molecule has 7 nitrogen and oxygen atoms in total. The summed E-state index contributed by atoms with van der Waals surface area (Å²) in [6, 6.07) is 20.2. The number of nitrogens with one attached hydrogen (secondary N) is 1. The van der Waals surface area contributed by atoms with Gasteiger partial charge in [-0.2, -0.15) is 0 Å². The van der Waals surface area contributed by atoms with Crippen LogP contribution in [0.5, 0.6) is 0 Å². The van der Waals surface area contributed by atoms with Crippen molar-refractivity contribution in [2.24, 2.45) is 0 Å². The number of hydrogen-bond donors (Lipinski definition) is 1. The Labute approximate surface area is 254 Å². The highest BCUT2D eigenvalue weighted by molar-refractivity contribution is 7.92. The highest BCUT2D eigenvalue weighted by Gasteiger charge is 2.34. The average molecular weight is 610 g/mol. The molecule has 3 aromatic carbocycles. The second-order valence-corrected chi connectivity index (χ2v) is 13.3. The molecule has 1 aliphatic carbocycles. The van der Waals surface area contributed by atoms with E-state index in [1.807, 2.05) is 32.0 Å². The summed E-state index contributed by atoms with van der Waals surface area (Å²) in [6.45, 7) is 5.17. The fraction of sp³-hybridized carbons (Fsp3) is 0.394. The normalized spacial score (nSPS) is 14.7. The minimum absolute atomic E-state index is 0.0756. The molecule has 1 aliphatic rings. The number of para-hydroxylation sites is 1. The molecule has 0 aromatic heterocycles. The molecule has 0 aliphatic heterocycles. The Morgan fingerprint density at radius 3 is 2.33 bits per heavy atom. The van der Waals surface area contributed by atoms with Crippen LogP contribution in [0.2, 0.25) is 5.02 Å². The van der Waals surface area contributed by atoms with E-state index in [4.69, 9.17) is 11.6 Å². The van der Waals surface area contributed by atoms with Gasteiger partial charge in [0.15, 0.2) is 0 Å². The third-order valence-corrected chi connectivity index (χ3v) is 9.90. The van der Waals surface area contributed by atoms with Crippen molar-refractivity contribution in [3.63, 3.8) is 0 Å². The number of aryl methyl sites for hydroxylation is 2. The number of halogens is 1. The van der Waals surface area contributed by atoms with Crippen molar-refractivity contribution < 1.29 is 18.0 Å². The molecule has 1 fully saturated rings. The fourth-order valence-corrected chi connectivity index (χ4v) is 7.05. The van der Waals surface area contributed by atoms with Gasteiger partial charge in [-0.15, -0.1) is 0 Å². The zero-order valence-corrected chi connectivity index (χ0v) is 26.1. The molecule has 0 heterocycles. The molecular formula is C33H40ClN3O4S. The van der Waals surface area contributed by atoms with Crippen molar-refractivity contribution in [3.8, 4) is 0 Å². The molecule has 224 valence electrons. The smallest absolute Gasteiger partial charge is 0.264 e. The number of anilines is 1. The Balaban J connectivity index is 1.70. The summed E-state index contributed by atoms with van der Waals surface area (Å²) in [5.41, 5.74) is 2.91. The van der Waals surface area contributed by atoms with E-state index < -0.39 is 28.5 Å². The standard InChI is InChI=1S/C33H40ClN3O4S/c1-4-27-12-8-9-16-31(27)37(42(40,41)30-19-17-24(2)18-20-30)23-32(38)36(22-26-11-10-13-28(34)21-26)25(3)33(39)35-29-14-6-5-7-15-29/h8-13,16-21,25,29H,4-7,14-15,22-23H2,1-3H3,(H,35,39). The predicted molar refractivity (Wildman–Crippen MR) is 168 cm³/mol. The van der Waals surface area contributed by atoms with E-state index in [2.05, 4.69) is 5.32 Å². The number of carbonyl (C=O) groups excluding carboxylic acids is 2. The molecule has 1 atom stereocenters. The van der Waals surface area contributed by atoms with Crippen molar-refractivity contribution in [2.45, 2.75) is 82.8 Å². The minimum atomic E-state index is -4.12. The molecule has 1 N–H and O–H groups in total. The van der Waals surface area contributed by atoms with Gasteiger partial charge in [0, 0.05) is 17.6 Å². The second-order valence-electron chi connectivity index (χ2n) is 11.0. The van der Waals surface area contributed by atoms with Gasteiger partial charge >= 0.3 is 0 Å². The van der Waals surface area contributed by atoms with Gasteiger partial charge in [0.25, 0.3) is 10.0 Å². The average Bonchev–Trinajstić information content (AvgIpc) is 2.99. The predicted octanol–water partition coefficient (Wildman–Crippen LogP) is 6.27. The number of hydrogen-bond acceptors (Lipinski definition) is 4. The largest absolute Gasteiger partial charge is 0.352 e. The summed E-state index contributed by atoms with van der Waals surface area (Å²) in [5.74, 6) is -0.734. The van der Waals surface area contributed by atoms with Gasteiger partial charge in [0.1, 0.15) is 12.6 Å². The molecule has 9 heteroatoms. The number of benzene rings is 3. The van der Waals surface area contributed by atoms with E-state index in [1.54, 1.807) is 61.5 Å². The quantitative estimate of drug-likeness (QED) is 0.277. The van der Waals surface area contributed by atoms with E-state index in [-0.39, 0.29) is 23.4 Å². The summed E-state index contributed by atoms with van der Waals surface area (Å²) < 4.78 is 29.4. The molecule has 42 heavy (non-hydrogen) atoms. The lowest BCUT2D eigenvalue weighted by Crippen LogP contribution is -2.53. The third kappa shape index (κ3) is 7.72. The number of nitrogens with zero attached hydrogens (tertiary/aromatic N) is 2. The first-order valence-corrected chi connectivity index (χ1v) is 16.4. The van der Waals surface area contributed by atoms with E-state index in [1.165, 1.54) is 9.21 Å². The van der Waals surface area contributed by atoms with Crippen LogP contribution in [0.15, 0.2) is 77.7 Å². The SMILES string of the molecule is CCc1ccccc1N(CC(=O)N(Cc1cccc(Cl)c1)C(C)C(=O)NC1CCCCC1)S(=O)(=O)c1ccc(C)cc1. The molecule has 1 unspecified atom stereocenters. The Morgan fingerprint density at radius 1 is 0.976 bits per heavy atom. The Bertz CT molecular complexity index is 1490. The third-order valence-electron chi connectivity index (χ3n) is 7.89. The zero-order valence-electron chi connectivity index (χ0n) is 24.6. The van der Waals surface area contributed by atoms with Gasteiger partial charge in [0.05, 0.1) is 10.6 Å². The second kappa shape index (κ2) is 14.2. The summed E-state index contributed by atoms with van der Waals surface area (Å²) in [6.07, 6.45) is 5.69. The molecule has 2 amide bonds. The van der Waals surface area contributed by atoms with Crippen LogP contribution in [0.4, 0.5) is 5.69 Å². The van der Waals surface area contributed by atoms with Gasteiger partial charge in [-0.25, -0.2) is 8.42 Å². The van der Waals surface area contributed by atoms with Crippen LogP contribution in [0.25, 0.3) is 0 Å². The number of rotatable bonds is 11. The number of sulfonamides is 1. The lowest BCUT2D eigenvalue weighted by atomic mass is 9.95. The van der Waals surface area contributed by atoms with Crippen LogP contribution in [-0.4, -0.2) is 43.8 Å². The molecule has 1 saturated carbocycles. The van der Waals surface area contributed by atoms with Gasteiger partial charge in [-0.05, 0) is 74.6 Å². The molecule has 4 rings (SSSR count). The van der Waals surface area contributed by atoms with Crippen molar-refractivity contribution in [1.82, 2.24) is 10.2 Å². The van der Waals surface area contributed by atoms with Crippen LogP contribution in [0.1, 0.15) is 62.6 Å². The highest BCUT2D eigenvalue weighted by atomic mass is 35.5. The minimum Gasteiger partial charge on any atom is -0.352 e. The molecular weight excluding hydrogens is 570 g/mol. The summed E-state index contributed by atoms with van der Waals surface area (Å²) in [7, 11) is -4.12. The fourth-order valence-electron chi connectivity index (χ4n) is 5.39. The van der Waals surface area contributed by atoms with Crippen LogP contribution in [-0.2, 0) is 32.6 Å². The van der Waals surface area contributed by atoms with E-state index in [0.29, 0.717) is 17.1 Å². The number of amides is 2. The van der Waals surface area contributed by atoms with Crippen LogP contribution in [0.3, 0.4) is 0 Å². The maximum atomic E-state index is 14.2. The van der Waals surface area contributed by atoms with Gasteiger partial charge in [-0.1, -0.05) is 85.8 Å². The maximum absolute atomic E-state index is 14.2. The van der Waals surface area contributed by atoms with E-state index in [0.717, 1.165) is 48.8 Å². The zero-order chi connectivity index (χ0) is 30.3. The number of carbonyl (C=O) groups is 2. The Kier molecular flexibility index (Phi) is 10.7. The molecule has 0 saturated heterocycles. The first kappa shape index (κ1) is 31.6. The lowest BCUT2D eigenvalue weighted by molar-refractivity contribution is -0.139. The summed E-state index contributed by atoms with van der Waals surface area (Å²) in [4.78, 5) is 29.2. The Hall–Kier alpha value is -3.36. The first-order chi connectivity index (χ1) is 20.1. The maximum Gasteiger partial charge on any atom is 0.264 e. The topological polar surface area (TPSA) is 86.8 Å². The molecule has 3 aromatic rings. The van der Waals surface area contributed by atoms with Crippen LogP contribution in [0, 0.1) is 6.92 Å². The molecule has 0 bridgehead atoms. The summed E-state index contributed by atoms with van der Waals surface area (Å²) in [5, 5.41) is 3.64. The van der Waals surface area contributed by atoms with Crippen molar-refractivity contribution >= 4 is 39.1 Å². The highest BCUT2D eigenvalue weighted by Crippen LogP contribution is 2.28. The lowest BCUT2D eigenvalue weighted by Gasteiger charge is -2.33. The van der Waals surface area contributed by atoms with Crippen LogP contribution >= 0.6 is 11.6 Å². The van der Waals surface area contributed by atoms with Gasteiger partial charge < -0.3 is 10.2 Å². The molecule has 0 spiro atoms. The monoisotopic (exact) mass is 609 g/mol. The van der Waals surface area contributed by atoms with Crippen LogP contribution < -0.4 is 9.62 Å². The molecule has 0 radical (unpaired) electrons. The summed E-state index contributed by atoms with van der Waals surface area (Å²) >= 11 is 6.25. The van der Waals surface area contributed by atoms with Gasteiger partial charge in [-0.3, -0.25) is 13.9 Å².